The zero-order chi connectivity index (χ0) is 11.7. The van der Waals surface area contributed by atoms with Crippen LogP contribution >= 0.6 is 11.3 Å². The first kappa shape index (κ1) is 10.9. The van der Waals surface area contributed by atoms with E-state index >= 15 is 0 Å². The first-order valence-corrected chi connectivity index (χ1v) is 6.78. The van der Waals surface area contributed by atoms with Gasteiger partial charge in [0.1, 0.15) is 0 Å². The van der Waals surface area contributed by atoms with Crippen LogP contribution in [0.3, 0.4) is 0 Å². The number of rotatable bonds is 2. The van der Waals surface area contributed by atoms with E-state index in [0.29, 0.717) is 11.7 Å². The molecule has 2 atom stereocenters. The molecule has 0 spiro atoms. The van der Waals surface area contributed by atoms with E-state index < -0.39 is 0 Å². The topological polar surface area (TPSA) is 59.2 Å². The fourth-order valence-electron chi connectivity index (χ4n) is 2.29. The molecule has 17 heavy (non-hydrogen) atoms. The lowest BCUT2D eigenvalue weighted by Crippen LogP contribution is -2.22. The van der Waals surface area contributed by atoms with Crippen LogP contribution < -0.4 is 0 Å². The summed E-state index contributed by atoms with van der Waals surface area (Å²) in [5.41, 5.74) is 0. The van der Waals surface area contributed by atoms with Crippen molar-refractivity contribution in [1.82, 2.24) is 10.1 Å². The third-order valence-electron chi connectivity index (χ3n) is 3.23. The number of aliphatic hydroxyl groups is 1. The van der Waals surface area contributed by atoms with Gasteiger partial charge in [-0.25, -0.2) is 0 Å². The summed E-state index contributed by atoms with van der Waals surface area (Å²) < 4.78 is 5.28. The molecule has 5 heteroatoms. The Bertz CT molecular complexity index is 480. The Balaban J connectivity index is 1.84. The summed E-state index contributed by atoms with van der Waals surface area (Å²) in [6.45, 7) is 0. The second-order valence-corrected chi connectivity index (χ2v) is 5.34. The van der Waals surface area contributed by atoms with Crippen LogP contribution in [0.4, 0.5) is 0 Å². The molecule has 3 rings (SSSR count). The molecule has 0 radical (unpaired) electrons. The van der Waals surface area contributed by atoms with Crippen molar-refractivity contribution in [3.63, 3.8) is 0 Å². The third-order valence-corrected chi connectivity index (χ3v) is 4.10. The average Bonchev–Trinajstić information content (AvgIpc) is 3.00. The molecule has 4 nitrogen and oxygen atoms in total. The molecule has 1 aliphatic rings. The van der Waals surface area contributed by atoms with Gasteiger partial charge in [-0.15, -0.1) is 11.3 Å². The lowest BCUT2D eigenvalue weighted by molar-refractivity contribution is 0.0908. The molecular weight excluding hydrogens is 236 g/mol. The minimum atomic E-state index is -0.333. The van der Waals surface area contributed by atoms with Crippen LogP contribution in [0, 0.1) is 0 Å². The number of hydrogen-bond donors (Lipinski definition) is 1. The first-order valence-electron chi connectivity index (χ1n) is 5.90. The minimum Gasteiger partial charge on any atom is -0.392 e. The Morgan fingerprint density at radius 2 is 2.24 bits per heavy atom. The molecule has 2 unspecified atom stereocenters. The monoisotopic (exact) mass is 250 g/mol. The summed E-state index contributed by atoms with van der Waals surface area (Å²) in [7, 11) is 0. The second-order valence-electron chi connectivity index (χ2n) is 4.39. The van der Waals surface area contributed by atoms with Crippen molar-refractivity contribution in [2.24, 2.45) is 0 Å². The van der Waals surface area contributed by atoms with Crippen LogP contribution in [-0.4, -0.2) is 21.4 Å². The molecule has 2 aromatic rings. The molecule has 1 fully saturated rings. The molecule has 1 N–H and O–H groups in total. The molecule has 0 aliphatic heterocycles. The number of nitrogens with zero attached hydrogens (tertiary/aromatic N) is 2. The molecule has 1 saturated carbocycles. The zero-order valence-electron chi connectivity index (χ0n) is 9.37. The molecule has 0 amide bonds. The van der Waals surface area contributed by atoms with Gasteiger partial charge in [-0.1, -0.05) is 24.1 Å². The zero-order valence-corrected chi connectivity index (χ0v) is 10.2. The maximum atomic E-state index is 9.94. The van der Waals surface area contributed by atoms with E-state index in [0.717, 1.165) is 30.6 Å². The van der Waals surface area contributed by atoms with Crippen molar-refractivity contribution in [1.29, 1.82) is 0 Å². The van der Waals surface area contributed by atoms with Gasteiger partial charge in [-0.2, -0.15) is 4.98 Å². The van der Waals surface area contributed by atoms with Gasteiger partial charge in [-0.05, 0) is 24.3 Å². The highest BCUT2D eigenvalue weighted by Gasteiger charge is 2.29. The van der Waals surface area contributed by atoms with E-state index in [2.05, 4.69) is 10.1 Å². The van der Waals surface area contributed by atoms with Crippen LogP contribution in [0.2, 0.25) is 0 Å². The normalized spacial score (nSPS) is 25.0. The molecule has 90 valence electrons. The number of aromatic nitrogens is 2. The maximum Gasteiger partial charge on any atom is 0.232 e. The summed E-state index contributed by atoms with van der Waals surface area (Å²) in [5.74, 6) is 1.23. The summed E-state index contributed by atoms with van der Waals surface area (Å²) in [6.07, 6.45) is 3.65. The van der Waals surface area contributed by atoms with Gasteiger partial charge in [-0.3, -0.25) is 0 Å². The summed E-state index contributed by atoms with van der Waals surface area (Å²) >= 11 is 1.59. The van der Waals surface area contributed by atoms with Gasteiger partial charge in [0.05, 0.1) is 16.9 Å². The van der Waals surface area contributed by atoms with Gasteiger partial charge in [0, 0.05) is 0 Å². The number of thiophene rings is 1. The summed E-state index contributed by atoms with van der Waals surface area (Å²) in [4.78, 5) is 5.40. The summed E-state index contributed by atoms with van der Waals surface area (Å²) in [6, 6.07) is 3.93. The smallest absolute Gasteiger partial charge is 0.232 e. The Hall–Kier alpha value is -1.20. The largest absolute Gasteiger partial charge is 0.392 e. The Morgan fingerprint density at radius 1 is 1.35 bits per heavy atom. The van der Waals surface area contributed by atoms with Crippen molar-refractivity contribution in [2.75, 3.05) is 0 Å². The summed E-state index contributed by atoms with van der Waals surface area (Å²) in [5, 5.41) is 15.9. The molecule has 2 aromatic heterocycles. The highest BCUT2D eigenvalue weighted by atomic mass is 32.1. The minimum absolute atomic E-state index is 0.0185. The number of aliphatic hydroxyl groups excluding tert-OH is 1. The van der Waals surface area contributed by atoms with Crippen LogP contribution in [-0.2, 0) is 0 Å². The SMILES string of the molecule is OC1CCCCC1c1nc(-c2cccs2)no1. The molecule has 0 saturated heterocycles. The standard InChI is InChI=1S/C12H14N2O2S/c15-9-5-2-1-4-8(9)12-13-11(14-16-12)10-6-3-7-17-10/h3,6-9,15H,1-2,4-5H2. The van der Waals surface area contributed by atoms with Gasteiger partial charge in [0.15, 0.2) is 0 Å². The van der Waals surface area contributed by atoms with Crippen LogP contribution in [0.15, 0.2) is 22.0 Å². The van der Waals surface area contributed by atoms with Gasteiger partial charge in [0.25, 0.3) is 0 Å². The quantitative estimate of drug-likeness (QED) is 0.890. The number of hydrogen-bond acceptors (Lipinski definition) is 5. The van der Waals surface area contributed by atoms with Crippen molar-refractivity contribution in [2.45, 2.75) is 37.7 Å². The van der Waals surface area contributed by atoms with Gasteiger partial charge in [0.2, 0.25) is 11.7 Å². The van der Waals surface area contributed by atoms with Crippen molar-refractivity contribution >= 4 is 11.3 Å². The molecule has 0 bridgehead atoms. The molecule has 1 aliphatic carbocycles. The van der Waals surface area contributed by atoms with Crippen LogP contribution in [0.5, 0.6) is 0 Å². The van der Waals surface area contributed by atoms with E-state index in [9.17, 15) is 5.11 Å². The van der Waals surface area contributed by atoms with Crippen molar-refractivity contribution < 1.29 is 9.63 Å². The van der Waals surface area contributed by atoms with Gasteiger partial charge < -0.3 is 9.63 Å². The van der Waals surface area contributed by atoms with Crippen molar-refractivity contribution in [3.05, 3.63) is 23.4 Å². The van der Waals surface area contributed by atoms with Crippen molar-refractivity contribution in [3.8, 4) is 10.7 Å². The highest BCUT2D eigenvalue weighted by molar-refractivity contribution is 7.13. The maximum absolute atomic E-state index is 9.94. The molecule has 0 aromatic carbocycles. The highest BCUT2D eigenvalue weighted by Crippen LogP contribution is 2.33. The Morgan fingerprint density at radius 3 is 3.00 bits per heavy atom. The molecular formula is C12H14N2O2S. The Kier molecular flexibility index (Phi) is 2.94. The average molecular weight is 250 g/mol. The fraction of sp³-hybridized carbons (Fsp3) is 0.500. The molecule has 2 heterocycles. The Labute approximate surface area is 103 Å². The first-order chi connectivity index (χ1) is 8.34. The lowest BCUT2D eigenvalue weighted by Gasteiger charge is -2.24. The van der Waals surface area contributed by atoms with E-state index in [1.807, 2.05) is 17.5 Å². The second kappa shape index (κ2) is 4.58. The van der Waals surface area contributed by atoms with E-state index in [1.165, 1.54) is 0 Å². The van der Waals surface area contributed by atoms with E-state index in [1.54, 1.807) is 11.3 Å². The van der Waals surface area contributed by atoms with Gasteiger partial charge >= 0.3 is 0 Å². The van der Waals surface area contributed by atoms with E-state index in [-0.39, 0.29) is 12.0 Å². The fourth-order valence-corrected chi connectivity index (χ4v) is 2.94. The predicted octanol–water partition coefficient (Wildman–Crippen LogP) is 2.82. The van der Waals surface area contributed by atoms with Crippen LogP contribution in [0.1, 0.15) is 37.5 Å². The third kappa shape index (κ3) is 2.12. The van der Waals surface area contributed by atoms with Crippen LogP contribution in [0.25, 0.3) is 10.7 Å². The lowest BCUT2D eigenvalue weighted by atomic mass is 9.86. The predicted molar refractivity (Wildman–Crippen MR) is 64.8 cm³/mol. The van der Waals surface area contributed by atoms with E-state index in [4.69, 9.17) is 4.52 Å².